The van der Waals surface area contributed by atoms with Crippen LogP contribution in [0.4, 0.5) is 0 Å². The summed E-state index contributed by atoms with van der Waals surface area (Å²) in [6.45, 7) is 2.21. The molecule has 0 aromatic heterocycles. The third-order valence-electron chi connectivity index (χ3n) is 6.69. The fourth-order valence-corrected chi connectivity index (χ4v) is 6.01. The average molecular weight is 414 g/mol. The highest BCUT2D eigenvalue weighted by molar-refractivity contribution is 5.89. The molecule has 1 aromatic rings. The van der Waals surface area contributed by atoms with Crippen molar-refractivity contribution in [3.05, 3.63) is 29.8 Å². The SMILES string of the molecule is CCOc1ccc(/C=C/C(=O)OCC(=O)NC23CC4CC(CC(C4)C2)C3)cc1OC. The summed E-state index contributed by atoms with van der Waals surface area (Å²) in [5.41, 5.74) is 0.720. The number of esters is 1. The van der Waals surface area contributed by atoms with Gasteiger partial charge in [0.2, 0.25) is 0 Å². The van der Waals surface area contributed by atoms with Crippen LogP contribution in [0.1, 0.15) is 51.0 Å². The van der Waals surface area contributed by atoms with Gasteiger partial charge in [-0.2, -0.15) is 0 Å². The zero-order chi connectivity index (χ0) is 21.1. The highest BCUT2D eigenvalue weighted by Gasteiger charge is 2.51. The van der Waals surface area contributed by atoms with Crippen molar-refractivity contribution in [3.63, 3.8) is 0 Å². The topological polar surface area (TPSA) is 73.9 Å². The third-order valence-corrected chi connectivity index (χ3v) is 6.69. The smallest absolute Gasteiger partial charge is 0.331 e. The molecule has 6 nitrogen and oxygen atoms in total. The molecule has 0 saturated heterocycles. The van der Waals surface area contributed by atoms with E-state index < -0.39 is 5.97 Å². The molecule has 0 unspecified atom stereocenters. The van der Waals surface area contributed by atoms with Crippen molar-refractivity contribution in [3.8, 4) is 11.5 Å². The molecule has 30 heavy (non-hydrogen) atoms. The Labute approximate surface area is 178 Å². The molecule has 4 aliphatic carbocycles. The van der Waals surface area contributed by atoms with E-state index in [4.69, 9.17) is 14.2 Å². The van der Waals surface area contributed by atoms with Crippen LogP contribution in [0, 0.1) is 17.8 Å². The molecule has 5 rings (SSSR count). The van der Waals surface area contributed by atoms with Crippen LogP contribution in [0.3, 0.4) is 0 Å². The summed E-state index contributed by atoms with van der Waals surface area (Å²) in [5, 5.41) is 3.22. The predicted molar refractivity (Wildman–Crippen MR) is 113 cm³/mol. The molecular weight excluding hydrogens is 382 g/mol. The zero-order valence-electron chi connectivity index (χ0n) is 17.8. The van der Waals surface area contributed by atoms with Crippen LogP contribution in [0.2, 0.25) is 0 Å². The lowest BCUT2D eigenvalue weighted by atomic mass is 9.53. The number of hydrogen-bond donors (Lipinski definition) is 1. The second-order valence-electron chi connectivity index (χ2n) is 9.03. The number of carbonyl (C=O) groups is 2. The number of nitrogens with one attached hydrogen (secondary N) is 1. The molecule has 1 aromatic carbocycles. The van der Waals surface area contributed by atoms with Gasteiger partial charge in [-0.15, -0.1) is 0 Å². The molecule has 0 spiro atoms. The minimum Gasteiger partial charge on any atom is -0.493 e. The summed E-state index contributed by atoms with van der Waals surface area (Å²) in [4.78, 5) is 24.5. The van der Waals surface area contributed by atoms with E-state index in [1.54, 1.807) is 25.3 Å². The standard InChI is InChI=1S/C24H31NO5/c1-3-29-20-6-4-16(11-21(20)28-2)5-7-23(27)30-15-22(26)25-24-12-17-8-18(13-24)10-19(9-17)14-24/h4-7,11,17-19H,3,8-10,12-15H2,1-2H3,(H,25,26)/b7-5+. The van der Waals surface area contributed by atoms with Crippen LogP contribution in [-0.4, -0.2) is 37.7 Å². The predicted octanol–water partition coefficient (Wildman–Crippen LogP) is 3.74. The first kappa shape index (κ1) is 20.8. The Balaban J connectivity index is 1.27. The molecule has 0 aliphatic heterocycles. The lowest BCUT2D eigenvalue weighted by Gasteiger charge is -2.56. The summed E-state index contributed by atoms with van der Waals surface area (Å²) in [6, 6.07) is 5.41. The molecule has 162 valence electrons. The van der Waals surface area contributed by atoms with Crippen molar-refractivity contribution in [2.24, 2.45) is 17.8 Å². The van der Waals surface area contributed by atoms with Gasteiger partial charge in [0.15, 0.2) is 18.1 Å². The van der Waals surface area contributed by atoms with Crippen LogP contribution in [0.15, 0.2) is 24.3 Å². The van der Waals surface area contributed by atoms with Crippen molar-refractivity contribution in [1.82, 2.24) is 5.32 Å². The monoisotopic (exact) mass is 413 g/mol. The summed E-state index contributed by atoms with van der Waals surface area (Å²) in [6.07, 6.45) is 10.2. The minimum absolute atomic E-state index is 0.0626. The maximum atomic E-state index is 12.4. The normalized spacial score (nSPS) is 29.1. The summed E-state index contributed by atoms with van der Waals surface area (Å²) in [5.74, 6) is 2.79. The molecule has 4 bridgehead atoms. The van der Waals surface area contributed by atoms with Crippen molar-refractivity contribution in [2.75, 3.05) is 20.3 Å². The summed E-state index contributed by atoms with van der Waals surface area (Å²) >= 11 is 0. The number of ether oxygens (including phenoxy) is 3. The van der Waals surface area contributed by atoms with Crippen LogP contribution < -0.4 is 14.8 Å². The molecule has 6 heteroatoms. The van der Waals surface area contributed by atoms with E-state index in [9.17, 15) is 9.59 Å². The maximum Gasteiger partial charge on any atom is 0.331 e. The van der Waals surface area contributed by atoms with Crippen LogP contribution in [0.25, 0.3) is 6.08 Å². The van der Waals surface area contributed by atoms with Gasteiger partial charge >= 0.3 is 5.97 Å². The molecule has 4 fully saturated rings. The molecule has 4 saturated carbocycles. The van der Waals surface area contributed by atoms with E-state index in [2.05, 4.69) is 5.32 Å². The number of methoxy groups -OCH3 is 1. The number of benzene rings is 1. The lowest BCUT2D eigenvalue weighted by molar-refractivity contribution is -0.145. The Hall–Kier alpha value is -2.50. The summed E-state index contributed by atoms with van der Waals surface area (Å²) in [7, 11) is 1.57. The fourth-order valence-electron chi connectivity index (χ4n) is 6.01. The molecule has 0 radical (unpaired) electrons. The van der Waals surface area contributed by atoms with Crippen molar-refractivity contribution < 1.29 is 23.8 Å². The number of amides is 1. The van der Waals surface area contributed by atoms with Gasteiger partial charge in [-0.1, -0.05) is 6.07 Å². The molecule has 1 N–H and O–H groups in total. The highest BCUT2D eigenvalue weighted by atomic mass is 16.5. The first-order chi connectivity index (χ1) is 14.5. The van der Waals surface area contributed by atoms with Gasteiger partial charge in [0.25, 0.3) is 5.91 Å². The van der Waals surface area contributed by atoms with E-state index in [0.29, 0.717) is 18.1 Å². The third kappa shape index (κ3) is 4.63. The van der Waals surface area contributed by atoms with Gasteiger partial charge in [0.1, 0.15) is 0 Å². The lowest BCUT2D eigenvalue weighted by Crippen LogP contribution is -2.60. The van der Waals surface area contributed by atoms with Gasteiger partial charge in [0, 0.05) is 11.6 Å². The molecular formula is C24H31NO5. The quantitative estimate of drug-likeness (QED) is 0.519. The van der Waals surface area contributed by atoms with Gasteiger partial charge in [-0.25, -0.2) is 4.79 Å². The van der Waals surface area contributed by atoms with Gasteiger partial charge in [0.05, 0.1) is 13.7 Å². The van der Waals surface area contributed by atoms with Crippen LogP contribution in [-0.2, 0) is 14.3 Å². The zero-order valence-corrected chi connectivity index (χ0v) is 17.8. The maximum absolute atomic E-state index is 12.4. The van der Waals surface area contributed by atoms with E-state index in [1.165, 1.54) is 25.3 Å². The minimum atomic E-state index is -0.538. The Morgan fingerprint density at radius 2 is 1.77 bits per heavy atom. The van der Waals surface area contributed by atoms with E-state index in [-0.39, 0.29) is 18.1 Å². The average Bonchev–Trinajstić information content (AvgIpc) is 2.70. The van der Waals surface area contributed by atoms with E-state index in [0.717, 1.165) is 42.6 Å². The van der Waals surface area contributed by atoms with Gasteiger partial charge in [-0.05, 0) is 87.0 Å². The molecule has 0 atom stereocenters. The number of hydrogen-bond acceptors (Lipinski definition) is 5. The molecule has 1 amide bonds. The van der Waals surface area contributed by atoms with Crippen LogP contribution in [0.5, 0.6) is 11.5 Å². The van der Waals surface area contributed by atoms with Crippen molar-refractivity contribution in [2.45, 2.75) is 51.0 Å². The van der Waals surface area contributed by atoms with Crippen molar-refractivity contribution >= 4 is 18.0 Å². The first-order valence-corrected chi connectivity index (χ1v) is 11.0. The van der Waals surface area contributed by atoms with Gasteiger partial charge in [-0.3, -0.25) is 4.79 Å². The second-order valence-corrected chi connectivity index (χ2v) is 9.03. The Bertz CT molecular complexity index is 796. The highest BCUT2D eigenvalue weighted by Crippen LogP contribution is 2.55. The Morgan fingerprint density at radius 3 is 2.37 bits per heavy atom. The summed E-state index contributed by atoms with van der Waals surface area (Å²) < 4.78 is 16.0. The fraction of sp³-hybridized carbons (Fsp3) is 0.583. The molecule has 0 heterocycles. The van der Waals surface area contributed by atoms with E-state index in [1.807, 2.05) is 13.0 Å². The van der Waals surface area contributed by atoms with Gasteiger partial charge < -0.3 is 19.5 Å². The van der Waals surface area contributed by atoms with Crippen molar-refractivity contribution in [1.29, 1.82) is 0 Å². The Kier molecular flexibility index (Phi) is 6.02. The van der Waals surface area contributed by atoms with Crippen LogP contribution >= 0.6 is 0 Å². The first-order valence-electron chi connectivity index (χ1n) is 11.0. The Morgan fingerprint density at radius 1 is 1.10 bits per heavy atom. The number of carbonyl (C=O) groups excluding carboxylic acids is 2. The molecule has 4 aliphatic rings. The second kappa shape index (κ2) is 8.70. The van der Waals surface area contributed by atoms with E-state index >= 15 is 0 Å². The number of rotatable bonds is 8. The largest absolute Gasteiger partial charge is 0.493 e.